The van der Waals surface area contributed by atoms with E-state index in [4.69, 9.17) is 14.7 Å². The molecule has 1 N–H and O–H groups in total. The van der Waals surface area contributed by atoms with Gasteiger partial charge in [-0.05, 0) is 43.3 Å². The Morgan fingerprint density at radius 2 is 1.83 bits per heavy atom. The predicted molar refractivity (Wildman–Crippen MR) is 86.6 cm³/mol. The highest BCUT2D eigenvalue weighted by atomic mass is 16.5. The van der Waals surface area contributed by atoms with E-state index in [-0.39, 0.29) is 11.9 Å². The zero-order valence-corrected chi connectivity index (χ0v) is 13.3. The molecule has 0 radical (unpaired) electrons. The molecule has 0 saturated heterocycles. The van der Waals surface area contributed by atoms with E-state index in [1.807, 2.05) is 25.1 Å². The van der Waals surface area contributed by atoms with Crippen molar-refractivity contribution >= 4 is 5.91 Å². The van der Waals surface area contributed by atoms with Crippen LogP contribution >= 0.6 is 0 Å². The second-order valence-electron chi connectivity index (χ2n) is 4.99. The van der Waals surface area contributed by atoms with Gasteiger partial charge < -0.3 is 14.8 Å². The van der Waals surface area contributed by atoms with Crippen LogP contribution in [0.3, 0.4) is 0 Å². The second kappa shape index (κ2) is 7.32. The minimum atomic E-state index is -0.237. The number of nitrogens with one attached hydrogen (secondary N) is 1. The Labute approximate surface area is 135 Å². The van der Waals surface area contributed by atoms with Crippen LogP contribution in [0.25, 0.3) is 0 Å². The summed E-state index contributed by atoms with van der Waals surface area (Å²) in [6, 6.07) is 13.7. The van der Waals surface area contributed by atoms with Crippen molar-refractivity contribution < 1.29 is 14.3 Å². The van der Waals surface area contributed by atoms with Gasteiger partial charge in [0, 0.05) is 17.2 Å². The molecule has 1 unspecified atom stereocenters. The van der Waals surface area contributed by atoms with Gasteiger partial charge in [0.05, 0.1) is 31.9 Å². The van der Waals surface area contributed by atoms with Gasteiger partial charge in [0.15, 0.2) is 0 Å². The molecule has 0 aliphatic rings. The molecule has 5 heteroatoms. The smallest absolute Gasteiger partial charge is 0.251 e. The Bertz CT molecular complexity index is 733. The molecule has 5 nitrogen and oxygen atoms in total. The molecule has 23 heavy (non-hydrogen) atoms. The van der Waals surface area contributed by atoms with Crippen LogP contribution in [0.15, 0.2) is 42.5 Å². The molecule has 0 aliphatic heterocycles. The Morgan fingerprint density at radius 3 is 2.39 bits per heavy atom. The van der Waals surface area contributed by atoms with Gasteiger partial charge in [0.2, 0.25) is 0 Å². The Kier molecular flexibility index (Phi) is 5.21. The summed E-state index contributed by atoms with van der Waals surface area (Å²) in [5.41, 5.74) is 1.88. The summed E-state index contributed by atoms with van der Waals surface area (Å²) in [6.45, 7) is 1.88. The van der Waals surface area contributed by atoms with Crippen molar-refractivity contribution in [3.8, 4) is 17.6 Å². The van der Waals surface area contributed by atoms with E-state index in [2.05, 4.69) is 5.32 Å². The maximum Gasteiger partial charge on any atom is 0.251 e. The highest BCUT2D eigenvalue weighted by Gasteiger charge is 2.16. The van der Waals surface area contributed by atoms with E-state index < -0.39 is 0 Å². The molecule has 0 spiro atoms. The SMILES string of the molecule is COc1ccc(C(C)NC(=O)c2ccc(C#N)cc2)c(OC)c1. The summed E-state index contributed by atoms with van der Waals surface area (Å²) in [5, 5.41) is 11.7. The van der Waals surface area contributed by atoms with Crippen LogP contribution < -0.4 is 14.8 Å². The molecular formula is C18H18N2O3. The van der Waals surface area contributed by atoms with Crippen LogP contribution in [0.4, 0.5) is 0 Å². The lowest BCUT2D eigenvalue weighted by atomic mass is 10.1. The van der Waals surface area contributed by atoms with Gasteiger partial charge in [-0.15, -0.1) is 0 Å². The number of methoxy groups -OCH3 is 2. The summed E-state index contributed by atoms with van der Waals surface area (Å²) < 4.78 is 10.5. The van der Waals surface area contributed by atoms with Crippen LogP contribution in [-0.2, 0) is 0 Å². The molecule has 2 aromatic rings. The summed E-state index contributed by atoms with van der Waals surface area (Å²) in [6.07, 6.45) is 0. The zero-order valence-electron chi connectivity index (χ0n) is 13.3. The van der Waals surface area contributed by atoms with Crippen LogP contribution in [0.1, 0.15) is 34.5 Å². The lowest BCUT2D eigenvalue weighted by Gasteiger charge is -2.18. The third-order valence-electron chi connectivity index (χ3n) is 3.53. The monoisotopic (exact) mass is 310 g/mol. The molecule has 118 valence electrons. The Balaban J connectivity index is 2.16. The van der Waals surface area contributed by atoms with Gasteiger partial charge in [-0.25, -0.2) is 0 Å². The molecule has 0 saturated carbocycles. The maximum absolute atomic E-state index is 12.3. The minimum absolute atomic E-state index is 0.208. The molecule has 2 aromatic carbocycles. The molecular weight excluding hydrogens is 292 g/mol. The van der Waals surface area contributed by atoms with Gasteiger partial charge >= 0.3 is 0 Å². The first-order chi connectivity index (χ1) is 11.1. The Hall–Kier alpha value is -3.00. The largest absolute Gasteiger partial charge is 0.497 e. The average Bonchev–Trinajstić information content (AvgIpc) is 2.60. The summed E-state index contributed by atoms with van der Waals surface area (Å²) >= 11 is 0. The van der Waals surface area contributed by atoms with E-state index in [9.17, 15) is 4.79 Å². The second-order valence-corrected chi connectivity index (χ2v) is 4.99. The molecule has 2 rings (SSSR count). The quantitative estimate of drug-likeness (QED) is 0.921. The third-order valence-corrected chi connectivity index (χ3v) is 3.53. The zero-order chi connectivity index (χ0) is 16.8. The summed E-state index contributed by atoms with van der Waals surface area (Å²) in [5.74, 6) is 1.13. The van der Waals surface area contributed by atoms with Crippen LogP contribution in [0, 0.1) is 11.3 Å². The van der Waals surface area contributed by atoms with E-state index in [1.165, 1.54) is 0 Å². The number of hydrogen-bond donors (Lipinski definition) is 1. The molecule has 0 heterocycles. The number of nitriles is 1. The number of hydrogen-bond acceptors (Lipinski definition) is 4. The van der Waals surface area contributed by atoms with Crippen LogP contribution in [0.2, 0.25) is 0 Å². The Morgan fingerprint density at radius 1 is 1.13 bits per heavy atom. The van der Waals surface area contributed by atoms with Crippen molar-refractivity contribution in [2.75, 3.05) is 14.2 Å². The van der Waals surface area contributed by atoms with Crippen molar-refractivity contribution in [3.05, 3.63) is 59.2 Å². The summed E-state index contributed by atoms with van der Waals surface area (Å²) in [7, 11) is 3.16. The number of nitrogens with zero attached hydrogens (tertiary/aromatic N) is 1. The summed E-state index contributed by atoms with van der Waals surface area (Å²) in [4.78, 5) is 12.3. The normalized spacial score (nSPS) is 11.2. The molecule has 1 atom stereocenters. The first-order valence-corrected chi connectivity index (χ1v) is 7.12. The number of benzene rings is 2. The number of rotatable bonds is 5. The first-order valence-electron chi connectivity index (χ1n) is 7.12. The lowest BCUT2D eigenvalue weighted by Crippen LogP contribution is -2.26. The number of ether oxygens (including phenoxy) is 2. The highest BCUT2D eigenvalue weighted by molar-refractivity contribution is 5.94. The van der Waals surface area contributed by atoms with Gasteiger partial charge in [-0.1, -0.05) is 0 Å². The fraction of sp³-hybridized carbons (Fsp3) is 0.222. The topological polar surface area (TPSA) is 71.3 Å². The maximum atomic E-state index is 12.3. The highest BCUT2D eigenvalue weighted by Crippen LogP contribution is 2.29. The standard InChI is InChI=1S/C18H18N2O3/c1-12(16-9-8-15(22-2)10-17(16)23-3)20-18(21)14-6-4-13(11-19)5-7-14/h4-10,12H,1-3H3,(H,20,21). The fourth-order valence-corrected chi connectivity index (χ4v) is 2.23. The van der Waals surface area contributed by atoms with Crippen molar-refractivity contribution in [2.45, 2.75) is 13.0 Å². The molecule has 0 fully saturated rings. The molecule has 0 aliphatic carbocycles. The van der Waals surface area contributed by atoms with Crippen molar-refractivity contribution in [3.63, 3.8) is 0 Å². The van der Waals surface area contributed by atoms with E-state index in [0.29, 0.717) is 22.6 Å². The number of carbonyl (C=O) groups excluding carboxylic acids is 1. The van der Waals surface area contributed by atoms with Crippen molar-refractivity contribution in [1.29, 1.82) is 5.26 Å². The van der Waals surface area contributed by atoms with Gasteiger partial charge in [0.1, 0.15) is 11.5 Å². The first kappa shape index (κ1) is 16.4. The van der Waals surface area contributed by atoms with Gasteiger partial charge in [-0.2, -0.15) is 5.26 Å². The molecule has 1 amide bonds. The lowest BCUT2D eigenvalue weighted by molar-refractivity contribution is 0.0939. The van der Waals surface area contributed by atoms with E-state index in [0.717, 1.165) is 5.56 Å². The molecule has 0 aromatic heterocycles. The van der Waals surface area contributed by atoms with Crippen molar-refractivity contribution in [1.82, 2.24) is 5.32 Å². The van der Waals surface area contributed by atoms with E-state index >= 15 is 0 Å². The third kappa shape index (κ3) is 3.80. The number of amides is 1. The number of carbonyl (C=O) groups is 1. The average molecular weight is 310 g/mol. The van der Waals surface area contributed by atoms with E-state index in [1.54, 1.807) is 44.6 Å². The van der Waals surface area contributed by atoms with Crippen LogP contribution in [-0.4, -0.2) is 20.1 Å². The fourth-order valence-electron chi connectivity index (χ4n) is 2.23. The van der Waals surface area contributed by atoms with Crippen molar-refractivity contribution in [2.24, 2.45) is 0 Å². The van der Waals surface area contributed by atoms with Gasteiger partial charge in [0.25, 0.3) is 5.91 Å². The molecule has 0 bridgehead atoms. The van der Waals surface area contributed by atoms with Gasteiger partial charge in [-0.3, -0.25) is 4.79 Å². The minimum Gasteiger partial charge on any atom is -0.497 e. The predicted octanol–water partition coefficient (Wildman–Crippen LogP) is 3.07. The van der Waals surface area contributed by atoms with Crippen LogP contribution in [0.5, 0.6) is 11.5 Å².